The zero-order chi connectivity index (χ0) is 14.8. The highest BCUT2D eigenvalue weighted by atomic mass is 19.1. The lowest BCUT2D eigenvalue weighted by molar-refractivity contribution is -0.0821. The molecule has 1 aliphatic rings. The summed E-state index contributed by atoms with van der Waals surface area (Å²) in [5.41, 5.74) is 1.78. The van der Waals surface area contributed by atoms with Crippen LogP contribution in [0.3, 0.4) is 0 Å². The minimum atomic E-state index is -0.671. The monoisotopic (exact) mass is 285 g/mol. The molecule has 1 unspecified atom stereocenters. The van der Waals surface area contributed by atoms with Crippen LogP contribution in [-0.2, 0) is 0 Å². The van der Waals surface area contributed by atoms with Crippen LogP contribution in [0.4, 0.5) is 4.39 Å². The third-order valence-corrected chi connectivity index (χ3v) is 3.11. The molecule has 1 aliphatic heterocycles. The van der Waals surface area contributed by atoms with E-state index in [2.05, 4.69) is 10.2 Å². The molecule has 0 amide bonds. The molecule has 1 heterocycles. The van der Waals surface area contributed by atoms with Crippen LogP contribution in [0, 0.1) is 5.82 Å². The zero-order valence-corrected chi connectivity index (χ0v) is 10.9. The SMILES string of the molecule is Oc1ccc(C2N=NC(c3ccc(F)cc3)=CN2O)cc1. The zero-order valence-electron chi connectivity index (χ0n) is 10.9. The van der Waals surface area contributed by atoms with Gasteiger partial charge in [-0.15, -0.1) is 0 Å². The van der Waals surface area contributed by atoms with Gasteiger partial charge in [0.2, 0.25) is 0 Å². The number of hydroxylamine groups is 2. The number of halogens is 1. The molecule has 0 spiro atoms. The summed E-state index contributed by atoms with van der Waals surface area (Å²) in [4.78, 5) is 0. The standard InChI is InChI=1S/C15H12FN3O2/c16-12-5-1-10(2-6-12)14-9-19(21)15(18-17-14)11-3-7-13(20)8-4-11/h1-9,15,20-21H. The number of benzene rings is 2. The van der Waals surface area contributed by atoms with Gasteiger partial charge in [-0.3, -0.25) is 5.21 Å². The molecule has 0 aromatic heterocycles. The predicted molar refractivity (Wildman–Crippen MR) is 73.7 cm³/mol. The Bertz CT molecular complexity index is 696. The quantitative estimate of drug-likeness (QED) is 0.884. The third kappa shape index (κ3) is 2.75. The topological polar surface area (TPSA) is 68.4 Å². The van der Waals surface area contributed by atoms with Gasteiger partial charge in [-0.25, -0.2) is 9.45 Å². The lowest BCUT2D eigenvalue weighted by Gasteiger charge is -2.24. The number of aromatic hydroxyl groups is 1. The Hall–Kier alpha value is -2.73. The van der Waals surface area contributed by atoms with E-state index in [1.54, 1.807) is 24.3 Å². The van der Waals surface area contributed by atoms with Gasteiger partial charge in [-0.05, 0) is 36.4 Å². The molecule has 0 saturated carbocycles. The molecule has 0 saturated heterocycles. The van der Waals surface area contributed by atoms with Crippen molar-refractivity contribution in [1.82, 2.24) is 5.06 Å². The third-order valence-electron chi connectivity index (χ3n) is 3.11. The highest BCUT2D eigenvalue weighted by Gasteiger charge is 2.21. The molecule has 0 bridgehead atoms. The van der Waals surface area contributed by atoms with Gasteiger partial charge in [0.05, 0.1) is 6.20 Å². The summed E-state index contributed by atoms with van der Waals surface area (Å²) in [5.74, 6) is -0.201. The summed E-state index contributed by atoms with van der Waals surface area (Å²) >= 11 is 0. The number of hydrogen-bond donors (Lipinski definition) is 2. The lowest BCUT2D eigenvalue weighted by Crippen LogP contribution is -2.20. The second kappa shape index (κ2) is 5.34. The maximum atomic E-state index is 12.9. The van der Waals surface area contributed by atoms with Crippen LogP contribution >= 0.6 is 0 Å². The van der Waals surface area contributed by atoms with E-state index >= 15 is 0 Å². The fourth-order valence-corrected chi connectivity index (χ4v) is 2.01. The average molecular weight is 285 g/mol. The van der Waals surface area contributed by atoms with Crippen molar-refractivity contribution >= 4 is 5.70 Å². The number of azo groups is 1. The van der Waals surface area contributed by atoms with Crippen molar-refractivity contribution in [2.24, 2.45) is 10.2 Å². The first-order valence-corrected chi connectivity index (χ1v) is 6.28. The molecule has 0 radical (unpaired) electrons. The highest BCUT2D eigenvalue weighted by Crippen LogP contribution is 2.30. The van der Waals surface area contributed by atoms with E-state index in [0.29, 0.717) is 16.8 Å². The van der Waals surface area contributed by atoms with Crippen LogP contribution in [-0.4, -0.2) is 15.4 Å². The molecule has 0 aliphatic carbocycles. The fourth-order valence-electron chi connectivity index (χ4n) is 2.01. The Balaban J connectivity index is 1.84. The molecule has 5 nitrogen and oxygen atoms in total. The van der Waals surface area contributed by atoms with Crippen LogP contribution in [0.25, 0.3) is 5.70 Å². The van der Waals surface area contributed by atoms with E-state index in [1.165, 1.54) is 30.5 Å². The van der Waals surface area contributed by atoms with E-state index in [4.69, 9.17) is 0 Å². The second-order valence-electron chi connectivity index (χ2n) is 4.58. The molecule has 1 atom stereocenters. The minimum absolute atomic E-state index is 0.138. The Kier molecular flexibility index (Phi) is 3.37. The summed E-state index contributed by atoms with van der Waals surface area (Å²) in [6.45, 7) is 0. The highest BCUT2D eigenvalue weighted by molar-refractivity contribution is 5.64. The summed E-state index contributed by atoms with van der Waals surface area (Å²) in [5, 5.41) is 28.3. The maximum absolute atomic E-state index is 12.9. The predicted octanol–water partition coefficient (Wildman–Crippen LogP) is 3.69. The normalized spacial score (nSPS) is 17.7. The molecule has 106 valence electrons. The van der Waals surface area contributed by atoms with Crippen molar-refractivity contribution in [2.45, 2.75) is 6.17 Å². The van der Waals surface area contributed by atoms with Gasteiger partial charge in [0.25, 0.3) is 0 Å². The Morgan fingerprint density at radius 1 is 1.00 bits per heavy atom. The van der Waals surface area contributed by atoms with Crippen molar-refractivity contribution in [3.05, 3.63) is 71.7 Å². The Morgan fingerprint density at radius 3 is 2.29 bits per heavy atom. The van der Waals surface area contributed by atoms with Crippen LogP contribution in [0.1, 0.15) is 17.3 Å². The summed E-state index contributed by atoms with van der Waals surface area (Å²) < 4.78 is 12.9. The molecular weight excluding hydrogens is 273 g/mol. The first-order valence-electron chi connectivity index (χ1n) is 6.28. The van der Waals surface area contributed by atoms with E-state index in [9.17, 15) is 14.7 Å². The van der Waals surface area contributed by atoms with Crippen molar-refractivity contribution in [1.29, 1.82) is 0 Å². The second-order valence-corrected chi connectivity index (χ2v) is 4.58. The lowest BCUT2D eigenvalue weighted by atomic mass is 10.1. The van der Waals surface area contributed by atoms with Crippen LogP contribution in [0.15, 0.2) is 65.0 Å². The van der Waals surface area contributed by atoms with Crippen LogP contribution in [0.5, 0.6) is 5.75 Å². The number of nitrogens with zero attached hydrogens (tertiary/aromatic N) is 3. The van der Waals surface area contributed by atoms with Crippen LogP contribution < -0.4 is 0 Å². The molecule has 0 fully saturated rings. The van der Waals surface area contributed by atoms with Gasteiger partial charge in [0.15, 0.2) is 6.17 Å². The van der Waals surface area contributed by atoms with Crippen molar-refractivity contribution in [2.75, 3.05) is 0 Å². The number of phenols is 1. The fraction of sp³-hybridized carbons (Fsp3) is 0.0667. The van der Waals surface area contributed by atoms with Gasteiger partial charge in [0, 0.05) is 11.1 Å². The maximum Gasteiger partial charge on any atom is 0.191 e. The summed E-state index contributed by atoms with van der Waals surface area (Å²) in [6.07, 6.45) is 0.757. The van der Waals surface area contributed by atoms with E-state index < -0.39 is 6.17 Å². The first-order chi connectivity index (χ1) is 10.1. The smallest absolute Gasteiger partial charge is 0.191 e. The van der Waals surface area contributed by atoms with Gasteiger partial charge in [-0.2, -0.15) is 10.2 Å². The molecule has 2 aromatic rings. The number of phenolic OH excluding ortho intramolecular Hbond substituents is 1. The van der Waals surface area contributed by atoms with Crippen molar-refractivity contribution in [3.63, 3.8) is 0 Å². The Morgan fingerprint density at radius 2 is 1.67 bits per heavy atom. The largest absolute Gasteiger partial charge is 0.508 e. The van der Waals surface area contributed by atoms with E-state index in [0.717, 1.165) is 5.06 Å². The van der Waals surface area contributed by atoms with Crippen LogP contribution in [0.2, 0.25) is 0 Å². The molecule has 2 N–H and O–H groups in total. The Labute approximate surface area is 120 Å². The molecule has 6 heteroatoms. The number of rotatable bonds is 2. The van der Waals surface area contributed by atoms with Gasteiger partial charge in [-0.1, -0.05) is 12.1 Å². The van der Waals surface area contributed by atoms with E-state index in [-0.39, 0.29) is 11.6 Å². The molecule has 2 aromatic carbocycles. The van der Waals surface area contributed by atoms with Crippen molar-refractivity contribution < 1.29 is 14.7 Å². The average Bonchev–Trinajstić information content (AvgIpc) is 2.49. The van der Waals surface area contributed by atoms with Gasteiger partial charge >= 0.3 is 0 Å². The molecule has 3 rings (SSSR count). The van der Waals surface area contributed by atoms with Crippen molar-refractivity contribution in [3.8, 4) is 5.75 Å². The molecular formula is C15H12FN3O2. The first kappa shape index (κ1) is 13.3. The van der Waals surface area contributed by atoms with E-state index in [1.807, 2.05) is 0 Å². The molecule has 21 heavy (non-hydrogen) atoms. The minimum Gasteiger partial charge on any atom is -0.508 e. The van der Waals surface area contributed by atoms with Gasteiger partial charge < -0.3 is 5.11 Å². The summed E-state index contributed by atoms with van der Waals surface area (Å²) in [7, 11) is 0. The van der Waals surface area contributed by atoms with Gasteiger partial charge in [0.1, 0.15) is 17.3 Å². The summed E-state index contributed by atoms with van der Waals surface area (Å²) in [6, 6.07) is 12.1. The number of hydrogen-bond acceptors (Lipinski definition) is 5.